The van der Waals surface area contributed by atoms with Gasteiger partial charge in [-0.2, -0.15) is 21.6 Å². The van der Waals surface area contributed by atoms with Crippen molar-refractivity contribution in [2.75, 3.05) is 11.3 Å². The predicted octanol–water partition coefficient (Wildman–Crippen LogP) is 6.58. The number of aliphatic hydroxyl groups excluding tert-OH is 1. The first-order chi connectivity index (χ1) is 18.0. The number of thiazole rings is 1. The van der Waals surface area contributed by atoms with E-state index >= 15 is 0 Å². The molecular formula is C27H23F3N2O4S2. The van der Waals surface area contributed by atoms with Crippen LogP contribution >= 0.6 is 11.3 Å². The number of rotatable bonds is 6. The smallest absolute Gasteiger partial charge is 0.493 e. The highest BCUT2D eigenvalue weighted by Gasteiger charge is 2.46. The van der Waals surface area contributed by atoms with Crippen molar-refractivity contribution in [1.82, 2.24) is 4.98 Å². The van der Waals surface area contributed by atoms with Crippen LogP contribution in [0.4, 0.5) is 18.9 Å². The van der Waals surface area contributed by atoms with E-state index in [2.05, 4.69) is 0 Å². The first-order valence-corrected chi connectivity index (χ1v) is 14.1. The Balaban J connectivity index is 1.39. The zero-order valence-electron chi connectivity index (χ0n) is 20.0. The van der Waals surface area contributed by atoms with Crippen molar-refractivity contribution in [2.24, 2.45) is 5.92 Å². The highest BCUT2D eigenvalue weighted by Crippen LogP contribution is 2.44. The van der Waals surface area contributed by atoms with E-state index in [1.54, 1.807) is 29.0 Å². The van der Waals surface area contributed by atoms with E-state index in [0.717, 1.165) is 16.3 Å². The van der Waals surface area contributed by atoms with Crippen LogP contribution in [0.3, 0.4) is 0 Å². The van der Waals surface area contributed by atoms with E-state index < -0.39 is 21.6 Å². The largest absolute Gasteiger partial charge is 0.516 e. The second kappa shape index (κ2) is 10.0. The van der Waals surface area contributed by atoms with Gasteiger partial charge in [0.15, 0.2) is 0 Å². The van der Waals surface area contributed by atoms with E-state index in [4.69, 9.17) is 9.72 Å². The predicted molar refractivity (Wildman–Crippen MR) is 140 cm³/mol. The van der Waals surface area contributed by atoms with Crippen molar-refractivity contribution >= 4 is 27.0 Å². The monoisotopic (exact) mass is 560 g/mol. The molecule has 5 rings (SSSR count). The maximum absolute atomic E-state index is 12.9. The van der Waals surface area contributed by atoms with Gasteiger partial charge in [-0.3, -0.25) is 4.72 Å². The Morgan fingerprint density at radius 2 is 1.76 bits per heavy atom. The maximum Gasteiger partial charge on any atom is 0.516 e. The van der Waals surface area contributed by atoms with Gasteiger partial charge in [0.1, 0.15) is 10.8 Å². The summed E-state index contributed by atoms with van der Waals surface area (Å²) < 4.78 is 69.8. The van der Waals surface area contributed by atoms with Gasteiger partial charge >= 0.3 is 15.5 Å². The normalized spacial score (nSPS) is 18.3. The molecule has 1 aromatic heterocycles. The molecule has 3 atom stereocenters. The average Bonchev–Trinajstić information content (AvgIpc) is 3.39. The minimum Gasteiger partial charge on any atom is -0.493 e. The number of anilines is 1. The molecule has 0 aliphatic carbocycles. The van der Waals surface area contributed by atoms with Gasteiger partial charge in [-0.15, -0.1) is 11.3 Å². The molecule has 4 aromatic rings. The van der Waals surface area contributed by atoms with Crippen molar-refractivity contribution in [3.05, 3.63) is 89.4 Å². The van der Waals surface area contributed by atoms with Crippen LogP contribution in [0.25, 0.3) is 21.7 Å². The molecule has 0 saturated carbocycles. The van der Waals surface area contributed by atoms with Gasteiger partial charge < -0.3 is 9.84 Å². The molecule has 38 heavy (non-hydrogen) atoms. The van der Waals surface area contributed by atoms with Crippen LogP contribution in [0.5, 0.6) is 5.75 Å². The molecule has 1 aliphatic rings. The maximum atomic E-state index is 12.9. The molecule has 3 aromatic carbocycles. The number of halogens is 3. The number of nitrogens with zero attached hydrogens (tertiary/aromatic N) is 1. The minimum absolute atomic E-state index is 0.107. The Labute approximate surface area is 221 Å². The molecule has 198 valence electrons. The lowest BCUT2D eigenvalue weighted by molar-refractivity contribution is -0.0429. The van der Waals surface area contributed by atoms with Gasteiger partial charge in [0.2, 0.25) is 0 Å². The quantitative estimate of drug-likeness (QED) is 0.278. The minimum atomic E-state index is -5.59. The van der Waals surface area contributed by atoms with Crippen molar-refractivity contribution in [2.45, 2.75) is 24.5 Å². The number of nitrogens with one attached hydrogen (secondary N) is 1. The van der Waals surface area contributed by atoms with Gasteiger partial charge in [0.05, 0.1) is 24.1 Å². The van der Waals surface area contributed by atoms with Gasteiger partial charge in [-0.25, -0.2) is 4.98 Å². The number of sulfonamides is 1. The lowest BCUT2D eigenvalue weighted by atomic mass is 9.82. The number of fused-ring (bicyclic) bond motifs is 1. The van der Waals surface area contributed by atoms with E-state index in [9.17, 15) is 26.7 Å². The first kappa shape index (κ1) is 26.2. The third-order valence-electron chi connectivity index (χ3n) is 6.61. The number of hydrogen-bond donors (Lipinski definition) is 2. The Bertz CT molecular complexity index is 1560. The Kier molecular flexibility index (Phi) is 6.93. The van der Waals surface area contributed by atoms with Gasteiger partial charge in [-0.05, 0) is 17.7 Å². The molecule has 1 aliphatic heterocycles. The highest BCUT2D eigenvalue weighted by atomic mass is 32.2. The number of benzene rings is 3. The van der Waals surface area contributed by atoms with Crippen LogP contribution in [-0.4, -0.2) is 30.6 Å². The van der Waals surface area contributed by atoms with Crippen LogP contribution in [-0.2, 0) is 10.0 Å². The summed E-state index contributed by atoms with van der Waals surface area (Å²) in [7, 11) is -5.59. The zero-order chi connectivity index (χ0) is 27.1. The molecule has 0 saturated heterocycles. The van der Waals surface area contributed by atoms with Gasteiger partial charge in [-0.1, -0.05) is 67.6 Å². The van der Waals surface area contributed by atoms with E-state index in [-0.39, 0.29) is 29.7 Å². The Morgan fingerprint density at radius 3 is 2.50 bits per heavy atom. The number of hydrogen-bond acceptors (Lipinski definition) is 6. The number of aromatic nitrogens is 1. The lowest BCUT2D eigenvalue weighted by Crippen LogP contribution is -2.30. The summed E-state index contributed by atoms with van der Waals surface area (Å²) in [6, 6.07) is 20.5. The molecule has 2 N–H and O–H groups in total. The first-order valence-electron chi connectivity index (χ1n) is 11.7. The van der Waals surface area contributed by atoms with Crippen molar-refractivity contribution in [3.8, 4) is 27.4 Å². The number of aliphatic hydroxyl groups is 1. The summed E-state index contributed by atoms with van der Waals surface area (Å²) in [6.45, 7) is 2.20. The molecule has 0 radical (unpaired) electrons. The summed E-state index contributed by atoms with van der Waals surface area (Å²) in [5, 5.41) is 14.1. The zero-order valence-corrected chi connectivity index (χ0v) is 21.6. The third-order valence-corrected chi connectivity index (χ3v) is 8.62. The van der Waals surface area contributed by atoms with Crippen LogP contribution in [0.15, 0.2) is 78.2 Å². The second-order valence-corrected chi connectivity index (χ2v) is 11.5. The van der Waals surface area contributed by atoms with E-state index in [1.165, 1.54) is 29.5 Å². The van der Waals surface area contributed by atoms with Crippen LogP contribution in [0, 0.1) is 5.92 Å². The number of para-hydroxylation sites is 1. The molecule has 0 amide bonds. The molecule has 0 fully saturated rings. The molecular weight excluding hydrogens is 537 g/mol. The number of alkyl halides is 3. The lowest BCUT2D eigenvalue weighted by Gasteiger charge is -2.34. The van der Waals surface area contributed by atoms with Crippen LogP contribution in [0.2, 0.25) is 0 Å². The molecule has 2 heterocycles. The molecule has 0 spiro atoms. The van der Waals surface area contributed by atoms with Gasteiger partial charge in [0, 0.05) is 33.9 Å². The van der Waals surface area contributed by atoms with Crippen LogP contribution in [0.1, 0.15) is 30.2 Å². The summed E-state index contributed by atoms with van der Waals surface area (Å²) >= 11 is 1.54. The van der Waals surface area contributed by atoms with E-state index in [1.807, 2.05) is 42.6 Å². The third kappa shape index (κ3) is 5.01. The Morgan fingerprint density at radius 1 is 1.05 bits per heavy atom. The molecule has 0 bridgehead atoms. The summed E-state index contributed by atoms with van der Waals surface area (Å²) in [4.78, 5) is 4.77. The summed E-state index contributed by atoms with van der Waals surface area (Å²) in [6.07, 6.45) is -0.858. The number of ether oxygens (including phenoxy) is 1. The fourth-order valence-electron chi connectivity index (χ4n) is 4.45. The summed E-state index contributed by atoms with van der Waals surface area (Å²) in [5.41, 5.74) is -2.56. The molecule has 0 unspecified atom stereocenters. The fraction of sp³-hybridized carbons (Fsp3) is 0.222. The average molecular weight is 561 g/mol. The van der Waals surface area contributed by atoms with Crippen molar-refractivity contribution in [3.63, 3.8) is 0 Å². The van der Waals surface area contributed by atoms with E-state index in [0.29, 0.717) is 16.9 Å². The second-order valence-electron chi connectivity index (χ2n) is 9.00. The van der Waals surface area contributed by atoms with Crippen LogP contribution < -0.4 is 9.46 Å². The summed E-state index contributed by atoms with van der Waals surface area (Å²) in [5.74, 6) is 0.00387. The standard InChI is InChI=1S/C27H23F3N2O4S2/c1-16(23-15-37-26(31-23)17-7-3-2-4-8-17)21-14-36-24-13-18(11-12-20(24)25(21)33)19-9-5-6-10-22(19)32-38(34,35)27(28,29)30/h2-13,15-16,21,25,32-33H,14H2,1H3/t16-,21+,25-/m0/s1. The van der Waals surface area contributed by atoms with Gasteiger partial charge in [0.25, 0.3) is 0 Å². The molecule has 11 heteroatoms. The highest BCUT2D eigenvalue weighted by molar-refractivity contribution is 7.93. The van der Waals surface area contributed by atoms with Crippen molar-refractivity contribution in [1.29, 1.82) is 0 Å². The van der Waals surface area contributed by atoms with Crippen molar-refractivity contribution < 1.29 is 31.4 Å². The molecule has 6 nitrogen and oxygen atoms in total. The fourth-order valence-corrected chi connectivity index (χ4v) is 5.96. The Hall–Kier alpha value is -3.41. The topological polar surface area (TPSA) is 88.5 Å². The SMILES string of the molecule is C[C@H](c1csc(-c2ccccc2)n1)[C@H]1COc2cc(-c3ccccc3NS(=O)(=O)C(F)(F)F)ccc2[C@@H]1O.